The summed E-state index contributed by atoms with van der Waals surface area (Å²) >= 11 is 0. The summed E-state index contributed by atoms with van der Waals surface area (Å²) in [5.41, 5.74) is -0.160. The zero-order valence-corrected chi connectivity index (χ0v) is 14.6. The molecule has 0 bridgehead atoms. The summed E-state index contributed by atoms with van der Waals surface area (Å²) in [6, 6.07) is 5.69. The van der Waals surface area contributed by atoms with Crippen LogP contribution >= 0.6 is 0 Å². The quantitative estimate of drug-likeness (QED) is 0.713. The number of carbonyl (C=O) groups excluding carboxylic acids is 1. The lowest BCUT2D eigenvalue weighted by Crippen LogP contribution is -2.35. The van der Waals surface area contributed by atoms with E-state index in [2.05, 4.69) is 0 Å². The molecule has 2 aliphatic rings. The number of nitrogens with zero attached hydrogens (tertiary/aromatic N) is 1. The molecule has 0 spiro atoms. The second-order valence-electron chi connectivity index (χ2n) is 7.75. The second kappa shape index (κ2) is 6.07. The fourth-order valence-corrected chi connectivity index (χ4v) is 3.60. The van der Waals surface area contributed by atoms with Crippen molar-refractivity contribution < 1.29 is 22.7 Å². The highest BCUT2D eigenvalue weighted by atomic mass is 19.4. The monoisotopic (exact) mass is 353 g/mol. The molecule has 1 heterocycles. The number of carbonyl (C=O) groups is 1. The number of hydrogen-bond acceptors (Lipinski definition) is 2. The van der Waals surface area contributed by atoms with Crippen LogP contribution in [-0.2, 0) is 10.9 Å². The van der Waals surface area contributed by atoms with Crippen LogP contribution in [-0.4, -0.2) is 29.7 Å². The predicted octanol–water partition coefficient (Wildman–Crippen LogP) is 4.98. The van der Waals surface area contributed by atoms with E-state index in [1.807, 2.05) is 26.8 Å². The van der Waals surface area contributed by atoms with E-state index in [1.54, 1.807) is 11.0 Å². The van der Waals surface area contributed by atoms with Gasteiger partial charge >= 0.3 is 12.3 Å². The first kappa shape index (κ1) is 17.8. The Labute approximate surface area is 145 Å². The van der Waals surface area contributed by atoms with Crippen molar-refractivity contribution in [2.24, 2.45) is 11.8 Å². The van der Waals surface area contributed by atoms with Crippen molar-refractivity contribution >= 4 is 11.7 Å². The van der Waals surface area contributed by atoms with Crippen LogP contribution in [0, 0.1) is 11.8 Å². The number of alkyl halides is 3. The SMILES string of the molecule is CC(C)(C)OC(=O)N1C[C@H]2CC(c3ccccc3C(F)(F)F)=C[C@H]2C1. The lowest BCUT2D eigenvalue weighted by Gasteiger charge is -2.24. The maximum absolute atomic E-state index is 13.2. The van der Waals surface area contributed by atoms with Gasteiger partial charge in [-0.2, -0.15) is 13.2 Å². The van der Waals surface area contributed by atoms with Crippen LogP contribution in [0.4, 0.5) is 18.0 Å². The van der Waals surface area contributed by atoms with Crippen LogP contribution in [0.3, 0.4) is 0 Å². The lowest BCUT2D eigenvalue weighted by atomic mass is 9.96. The van der Waals surface area contributed by atoms with Gasteiger partial charge in [-0.15, -0.1) is 0 Å². The van der Waals surface area contributed by atoms with E-state index in [-0.39, 0.29) is 23.5 Å². The molecule has 3 rings (SSSR count). The fraction of sp³-hybridized carbons (Fsp3) is 0.526. The van der Waals surface area contributed by atoms with Crippen LogP contribution in [0.5, 0.6) is 0 Å². The van der Waals surface area contributed by atoms with Gasteiger partial charge in [0.15, 0.2) is 0 Å². The van der Waals surface area contributed by atoms with Gasteiger partial charge in [0.1, 0.15) is 5.60 Å². The topological polar surface area (TPSA) is 29.5 Å². The van der Waals surface area contributed by atoms with E-state index in [0.29, 0.717) is 19.5 Å². The maximum Gasteiger partial charge on any atom is 0.416 e. The van der Waals surface area contributed by atoms with Gasteiger partial charge in [0.2, 0.25) is 0 Å². The Balaban J connectivity index is 1.75. The highest BCUT2D eigenvalue weighted by Gasteiger charge is 2.41. The average molecular weight is 353 g/mol. The number of allylic oxidation sites excluding steroid dienone is 1. The van der Waals surface area contributed by atoms with Gasteiger partial charge in [-0.25, -0.2) is 4.79 Å². The van der Waals surface area contributed by atoms with Crippen molar-refractivity contribution in [3.8, 4) is 0 Å². The Morgan fingerprint density at radius 2 is 1.84 bits per heavy atom. The van der Waals surface area contributed by atoms with Crippen LogP contribution in [0.1, 0.15) is 38.3 Å². The van der Waals surface area contributed by atoms with E-state index in [9.17, 15) is 18.0 Å². The number of rotatable bonds is 1. The van der Waals surface area contributed by atoms with Crippen LogP contribution in [0.25, 0.3) is 5.57 Å². The predicted molar refractivity (Wildman–Crippen MR) is 88.8 cm³/mol. The van der Waals surface area contributed by atoms with Crippen LogP contribution < -0.4 is 0 Å². The van der Waals surface area contributed by atoms with Crippen molar-refractivity contribution in [3.05, 3.63) is 41.5 Å². The molecule has 0 unspecified atom stereocenters. The van der Waals surface area contributed by atoms with E-state index in [0.717, 1.165) is 11.6 Å². The maximum atomic E-state index is 13.2. The molecule has 1 saturated heterocycles. The number of fused-ring (bicyclic) bond motifs is 1. The first-order chi connectivity index (χ1) is 11.5. The third-order valence-electron chi connectivity index (χ3n) is 4.62. The van der Waals surface area contributed by atoms with Crippen molar-refractivity contribution in [3.63, 3.8) is 0 Å². The molecular weight excluding hydrogens is 331 g/mol. The minimum absolute atomic E-state index is 0.0869. The first-order valence-electron chi connectivity index (χ1n) is 8.40. The lowest BCUT2D eigenvalue weighted by molar-refractivity contribution is -0.137. The van der Waals surface area contributed by atoms with Gasteiger partial charge < -0.3 is 9.64 Å². The molecule has 0 radical (unpaired) electrons. The zero-order chi connectivity index (χ0) is 18.4. The molecular formula is C19H22F3NO2. The summed E-state index contributed by atoms with van der Waals surface area (Å²) in [6.45, 7) is 6.46. The Morgan fingerprint density at radius 3 is 2.44 bits per heavy atom. The van der Waals surface area contributed by atoms with Crippen molar-refractivity contribution in [1.82, 2.24) is 4.90 Å². The smallest absolute Gasteiger partial charge is 0.416 e. The van der Waals surface area contributed by atoms with Gasteiger partial charge in [-0.3, -0.25) is 0 Å². The molecule has 0 N–H and O–H groups in total. The fourth-order valence-electron chi connectivity index (χ4n) is 3.60. The van der Waals surface area contributed by atoms with Gasteiger partial charge in [-0.05, 0) is 56.2 Å². The van der Waals surface area contributed by atoms with Crippen LogP contribution in [0.2, 0.25) is 0 Å². The average Bonchev–Trinajstić information content (AvgIpc) is 3.03. The number of likely N-dealkylation sites (tertiary alicyclic amines) is 1. The van der Waals surface area contributed by atoms with Gasteiger partial charge in [0.25, 0.3) is 0 Å². The number of ether oxygens (including phenoxy) is 1. The van der Waals surface area contributed by atoms with Gasteiger partial charge in [-0.1, -0.05) is 24.3 Å². The summed E-state index contributed by atoms with van der Waals surface area (Å²) in [6.07, 6.45) is -2.26. The summed E-state index contributed by atoms with van der Waals surface area (Å²) < 4.78 is 45.0. The van der Waals surface area contributed by atoms with E-state index >= 15 is 0 Å². The molecule has 6 heteroatoms. The molecule has 1 aromatic rings. The highest BCUT2D eigenvalue weighted by molar-refractivity contribution is 5.73. The third-order valence-corrected chi connectivity index (χ3v) is 4.62. The largest absolute Gasteiger partial charge is 0.444 e. The van der Waals surface area contributed by atoms with E-state index < -0.39 is 17.3 Å². The molecule has 1 aromatic carbocycles. The Bertz CT molecular complexity index is 703. The van der Waals surface area contributed by atoms with Crippen LogP contribution in [0.15, 0.2) is 30.3 Å². The Hall–Kier alpha value is -1.98. The standard InChI is InChI=1S/C19H22F3NO2/c1-18(2,3)25-17(24)23-10-13-8-12(9-14(13)11-23)15-6-4-5-7-16(15)19(20,21)22/h4-8,13-14H,9-11H2,1-3H3/t13-,14+/m0/s1. The summed E-state index contributed by atoms with van der Waals surface area (Å²) in [7, 11) is 0. The van der Waals surface area contributed by atoms with E-state index in [1.165, 1.54) is 12.1 Å². The van der Waals surface area contributed by atoms with Gasteiger partial charge in [0.05, 0.1) is 5.56 Å². The number of amides is 1. The molecule has 0 aromatic heterocycles. The molecule has 0 saturated carbocycles. The molecule has 1 fully saturated rings. The minimum atomic E-state index is -4.36. The second-order valence-corrected chi connectivity index (χ2v) is 7.75. The van der Waals surface area contributed by atoms with Crippen molar-refractivity contribution in [2.45, 2.75) is 39.0 Å². The van der Waals surface area contributed by atoms with Crippen molar-refractivity contribution in [1.29, 1.82) is 0 Å². The molecule has 3 nitrogen and oxygen atoms in total. The molecule has 25 heavy (non-hydrogen) atoms. The first-order valence-corrected chi connectivity index (χ1v) is 8.40. The third kappa shape index (κ3) is 3.83. The zero-order valence-electron chi connectivity index (χ0n) is 14.6. The molecule has 1 aliphatic carbocycles. The molecule has 2 atom stereocenters. The summed E-state index contributed by atoms with van der Waals surface area (Å²) in [5.74, 6) is 0.243. The number of hydrogen-bond donors (Lipinski definition) is 0. The number of benzene rings is 1. The number of halogens is 3. The molecule has 136 valence electrons. The molecule has 1 aliphatic heterocycles. The van der Waals surface area contributed by atoms with Crippen molar-refractivity contribution in [2.75, 3.05) is 13.1 Å². The minimum Gasteiger partial charge on any atom is -0.444 e. The summed E-state index contributed by atoms with van der Waals surface area (Å²) in [5, 5.41) is 0. The van der Waals surface area contributed by atoms with Gasteiger partial charge in [0, 0.05) is 13.1 Å². The Kier molecular flexibility index (Phi) is 4.33. The molecule has 1 amide bonds. The summed E-state index contributed by atoms with van der Waals surface area (Å²) in [4.78, 5) is 13.8. The normalized spacial score (nSPS) is 23.4. The Morgan fingerprint density at radius 1 is 1.16 bits per heavy atom. The highest BCUT2D eigenvalue weighted by Crippen LogP contribution is 2.44. The van der Waals surface area contributed by atoms with E-state index in [4.69, 9.17) is 4.74 Å².